The molecular formula is C8H13F2NO2S. The van der Waals surface area contributed by atoms with Crippen LogP contribution in [-0.2, 0) is 4.79 Å². The summed E-state index contributed by atoms with van der Waals surface area (Å²) in [5.74, 6) is -3.26. The molecule has 1 saturated heterocycles. The molecular weight excluding hydrogens is 212 g/mol. The minimum Gasteiger partial charge on any atom is -0.477 e. The highest BCUT2D eigenvalue weighted by Crippen LogP contribution is 2.22. The molecule has 0 saturated carbocycles. The van der Waals surface area contributed by atoms with E-state index in [1.807, 2.05) is 0 Å². The minimum atomic E-state index is -3.65. The minimum absolute atomic E-state index is 0.407. The summed E-state index contributed by atoms with van der Waals surface area (Å²) in [7, 11) is 0. The number of halogens is 2. The van der Waals surface area contributed by atoms with Crippen LogP contribution in [0.2, 0.25) is 0 Å². The first kappa shape index (κ1) is 11.7. The van der Waals surface area contributed by atoms with Gasteiger partial charge in [0.15, 0.2) is 0 Å². The van der Waals surface area contributed by atoms with Gasteiger partial charge in [-0.25, -0.2) is 4.79 Å². The van der Waals surface area contributed by atoms with Gasteiger partial charge in [0, 0.05) is 0 Å². The SMILES string of the molecule is O=C(O)C(F)(F)CNCC1CCSC1. The highest BCUT2D eigenvalue weighted by Gasteiger charge is 2.38. The van der Waals surface area contributed by atoms with Gasteiger partial charge in [0.05, 0.1) is 6.54 Å². The molecule has 6 heteroatoms. The van der Waals surface area contributed by atoms with Crippen LogP contribution in [-0.4, -0.2) is 41.6 Å². The molecule has 0 aliphatic carbocycles. The first-order valence-corrected chi connectivity index (χ1v) is 5.57. The molecule has 1 rings (SSSR count). The lowest BCUT2D eigenvalue weighted by molar-refractivity contribution is -0.164. The van der Waals surface area contributed by atoms with Crippen LogP contribution in [0, 0.1) is 5.92 Å². The zero-order valence-electron chi connectivity index (χ0n) is 7.63. The number of alkyl halides is 2. The van der Waals surface area contributed by atoms with Gasteiger partial charge in [0.1, 0.15) is 0 Å². The summed E-state index contributed by atoms with van der Waals surface area (Å²) in [5, 5.41) is 10.6. The van der Waals surface area contributed by atoms with Crippen LogP contribution >= 0.6 is 11.8 Å². The molecule has 0 aromatic heterocycles. The fourth-order valence-electron chi connectivity index (χ4n) is 1.25. The number of carboxylic acid groups (broad SMARTS) is 1. The van der Waals surface area contributed by atoms with Crippen LogP contribution in [0.15, 0.2) is 0 Å². The van der Waals surface area contributed by atoms with E-state index in [0.717, 1.165) is 17.9 Å². The van der Waals surface area contributed by atoms with Crippen LogP contribution in [0.4, 0.5) is 8.78 Å². The number of rotatable bonds is 5. The Morgan fingerprint density at radius 2 is 2.36 bits per heavy atom. The van der Waals surface area contributed by atoms with Crippen LogP contribution in [0.5, 0.6) is 0 Å². The molecule has 0 bridgehead atoms. The zero-order chi connectivity index (χ0) is 10.6. The van der Waals surface area contributed by atoms with Gasteiger partial charge in [-0.05, 0) is 30.4 Å². The van der Waals surface area contributed by atoms with Gasteiger partial charge in [-0.15, -0.1) is 0 Å². The van der Waals surface area contributed by atoms with E-state index < -0.39 is 18.4 Å². The number of nitrogens with one attached hydrogen (secondary N) is 1. The largest absolute Gasteiger partial charge is 0.477 e. The Bertz CT molecular complexity index is 208. The molecule has 3 nitrogen and oxygen atoms in total. The first-order chi connectivity index (χ1) is 6.52. The summed E-state index contributed by atoms with van der Waals surface area (Å²) in [6.07, 6.45) is 1.02. The number of hydrogen-bond donors (Lipinski definition) is 2. The third kappa shape index (κ3) is 3.42. The predicted molar refractivity (Wildman–Crippen MR) is 50.9 cm³/mol. The third-order valence-corrected chi connectivity index (χ3v) is 3.35. The van der Waals surface area contributed by atoms with Gasteiger partial charge < -0.3 is 10.4 Å². The molecule has 1 unspecified atom stereocenters. The van der Waals surface area contributed by atoms with Gasteiger partial charge in [-0.1, -0.05) is 0 Å². The van der Waals surface area contributed by atoms with Crippen LogP contribution in [0.25, 0.3) is 0 Å². The van der Waals surface area contributed by atoms with E-state index in [1.165, 1.54) is 0 Å². The maximum atomic E-state index is 12.6. The highest BCUT2D eigenvalue weighted by molar-refractivity contribution is 7.99. The van der Waals surface area contributed by atoms with E-state index in [0.29, 0.717) is 12.5 Å². The Kier molecular flexibility index (Phi) is 4.12. The molecule has 1 atom stereocenters. The Balaban J connectivity index is 2.16. The molecule has 0 spiro atoms. The van der Waals surface area contributed by atoms with Crippen molar-refractivity contribution >= 4 is 17.7 Å². The Morgan fingerprint density at radius 3 is 2.86 bits per heavy atom. The zero-order valence-corrected chi connectivity index (χ0v) is 8.45. The van der Waals surface area contributed by atoms with E-state index in [9.17, 15) is 13.6 Å². The van der Waals surface area contributed by atoms with Gasteiger partial charge in [-0.2, -0.15) is 20.5 Å². The quantitative estimate of drug-likeness (QED) is 0.734. The second kappa shape index (κ2) is 4.93. The molecule has 0 amide bonds. The summed E-state index contributed by atoms with van der Waals surface area (Å²) >= 11 is 1.80. The molecule has 0 radical (unpaired) electrons. The number of thioether (sulfide) groups is 1. The van der Waals surface area contributed by atoms with Crippen LogP contribution < -0.4 is 5.32 Å². The molecule has 2 N–H and O–H groups in total. The third-order valence-electron chi connectivity index (χ3n) is 2.12. The molecule has 82 valence electrons. The molecule has 1 aliphatic rings. The van der Waals surface area contributed by atoms with Gasteiger partial charge in [0.2, 0.25) is 0 Å². The average molecular weight is 225 g/mol. The second-order valence-corrected chi connectivity index (χ2v) is 4.52. The highest BCUT2D eigenvalue weighted by atomic mass is 32.2. The fraction of sp³-hybridized carbons (Fsp3) is 0.875. The molecule has 14 heavy (non-hydrogen) atoms. The number of carboxylic acids is 1. The van der Waals surface area contributed by atoms with E-state index >= 15 is 0 Å². The lowest BCUT2D eigenvalue weighted by Gasteiger charge is -2.14. The molecule has 0 aromatic rings. The van der Waals surface area contributed by atoms with Crippen molar-refractivity contribution in [1.82, 2.24) is 5.32 Å². The summed E-state index contributed by atoms with van der Waals surface area (Å²) in [4.78, 5) is 10.1. The lowest BCUT2D eigenvalue weighted by Crippen LogP contribution is -2.41. The Morgan fingerprint density at radius 1 is 1.64 bits per heavy atom. The van der Waals surface area contributed by atoms with E-state index in [-0.39, 0.29) is 0 Å². The summed E-state index contributed by atoms with van der Waals surface area (Å²) in [6, 6.07) is 0. The monoisotopic (exact) mass is 225 g/mol. The van der Waals surface area contributed by atoms with Gasteiger partial charge in [-0.3, -0.25) is 0 Å². The number of hydrogen-bond acceptors (Lipinski definition) is 3. The van der Waals surface area contributed by atoms with Crippen LogP contribution in [0.3, 0.4) is 0 Å². The Hall–Kier alpha value is -0.360. The van der Waals surface area contributed by atoms with Crippen molar-refractivity contribution < 1.29 is 18.7 Å². The van der Waals surface area contributed by atoms with E-state index in [2.05, 4.69) is 5.32 Å². The normalized spacial score (nSPS) is 22.6. The lowest BCUT2D eigenvalue weighted by atomic mass is 10.1. The van der Waals surface area contributed by atoms with Crippen molar-refractivity contribution in [3.05, 3.63) is 0 Å². The molecule has 0 aromatic carbocycles. The Labute approximate surface area is 85.2 Å². The van der Waals surface area contributed by atoms with Crippen molar-refractivity contribution in [3.63, 3.8) is 0 Å². The fourth-order valence-corrected chi connectivity index (χ4v) is 2.54. The topological polar surface area (TPSA) is 49.3 Å². The predicted octanol–water partition coefficient (Wildman–Crippen LogP) is 1.05. The number of carbonyl (C=O) groups is 1. The second-order valence-electron chi connectivity index (χ2n) is 3.37. The van der Waals surface area contributed by atoms with Crippen molar-refractivity contribution in [2.45, 2.75) is 12.3 Å². The average Bonchev–Trinajstić information content (AvgIpc) is 2.56. The van der Waals surface area contributed by atoms with Crippen molar-refractivity contribution in [2.24, 2.45) is 5.92 Å². The van der Waals surface area contributed by atoms with Crippen molar-refractivity contribution in [2.75, 3.05) is 24.6 Å². The maximum Gasteiger partial charge on any atom is 0.375 e. The van der Waals surface area contributed by atoms with E-state index in [4.69, 9.17) is 5.11 Å². The molecule has 1 fully saturated rings. The van der Waals surface area contributed by atoms with Crippen molar-refractivity contribution in [3.8, 4) is 0 Å². The van der Waals surface area contributed by atoms with Crippen molar-refractivity contribution in [1.29, 1.82) is 0 Å². The number of aliphatic carboxylic acids is 1. The summed E-state index contributed by atoms with van der Waals surface area (Å²) in [5.41, 5.74) is 0. The smallest absolute Gasteiger partial charge is 0.375 e. The molecule has 1 aliphatic heterocycles. The summed E-state index contributed by atoms with van der Waals surface area (Å²) < 4.78 is 25.1. The molecule has 1 heterocycles. The maximum absolute atomic E-state index is 12.6. The van der Waals surface area contributed by atoms with Gasteiger partial charge >= 0.3 is 11.9 Å². The standard InChI is InChI=1S/C8H13F2NO2S/c9-8(10,7(12)13)5-11-3-6-1-2-14-4-6/h6,11H,1-5H2,(H,12,13). The first-order valence-electron chi connectivity index (χ1n) is 4.42. The summed E-state index contributed by atoms with van der Waals surface area (Å²) in [6.45, 7) is -0.292. The van der Waals surface area contributed by atoms with Gasteiger partial charge in [0.25, 0.3) is 0 Å². The van der Waals surface area contributed by atoms with E-state index in [1.54, 1.807) is 11.8 Å². The van der Waals surface area contributed by atoms with Crippen LogP contribution in [0.1, 0.15) is 6.42 Å².